The van der Waals surface area contributed by atoms with Crippen molar-refractivity contribution in [1.29, 1.82) is 0 Å². The number of carboxylic acids is 1. The van der Waals surface area contributed by atoms with Crippen LogP contribution in [0.15, 0.2) is 115 Å². The van der Waals surface area contributed by atoms with Gasteiger partial charge in [0.15, 0.2) is 0 Å². The SMILES string of the molecule is C=Cc1ccccc1CN(C(=O)CCC(=O)N[C@H](C(=O)N[C@@H](CCCNC(N)=O)C(=O)Nc1ccc(COC(=O)Nc2cccc(C(C)(C)C(NC)C(=O)N[C@H](C(=O)N(C)[C@H](/C=C(\C)C(=O)O)C(C)C)C(C)(C)C)c2)cc1)C(C)C)c1ccccc1CC. The minimum absolute atomic E-state index is 0.0804. The zero-order valence-electron chi connectivity index (χ0n) is 53.3. The number of anilines is 3. The van der Waals surface area contributed by atoms with Gasteiger partial charge in [-0.15, -0.1) is 0 Å². The van der Waals surface area contributed by atoms with Gasteiger partial charge in [-0.3, -0.25) is 34.1 Å². The molecule has 0 aliphatic rings. The number of likely N-dealkylation sites (N-methyl/N-ethyl adjacent to an activating group) is 2. The van der Waals surface area contributed by atoms with E-state index in [1.807, 2.05) is 110 Å². The predicted octanol–water partition coefficient (Wildman–Crippen LogP) is 8.58. The summed E-state index contributed by atoms with van der Waals surface area (Å²) < 4.78 is 5.56. The van der Waals surface area contributed by atoms with Crippen molar-refractivity contribution >= 4 is 76.7 Å². The molecule has 1 unspecified atom stereocenters. The molecular weight excluding hydrogens is 1120 g/mol. The van der Waals surface area contributed by atoms with Crippen LogP contribution in [0.3, 0.4) is 0 Å². The van der Waals surface area contributed by atoms with E-state index in [1.165, 1.54) is 11.8 Å². The van der Waals surface area contributed by atoms with Crippen LogP contribution in [0.5, 0.6) is 0 Å². The first-order valence-electron chi connectivity index (χ1n) is 29.8. The number of hydrogen-bond donors (Lipinski definition) is 9. The second kappa shape index (κ2) is 33.3. The van der Waals surface area contributed by atoms with Crippen molar-refractivity contribution in [1.82, 2.24) is 31.5 Å². The van der Waals surface area contributed by atoms with Gasteiger partial charge in [0.25, 0.3) is 0 Å². The summed E-state index contributed by atoms with van der Waals surface area (Å²) in [4.78, 5) is 123. The second-order valence-electron chi connectivity index (χ2n) is 24.2. The molecule has 4 aromatic carbocycles. The molecule has 88 heavy (non-hydrogen) atoms. The van der Waals surface area contributed by atoms with Crippen LogP contribution in [0, 0.1) is 17.3 Å². The van der Waals surface area contributed by atoms with Gasteiger partial charge in [0.05, 0.1) is 18.6 Å². The highest BCUT2D eigenvalue weighted by molar-refractivity contribution is 6.00. The number of amides is 9. The number of carbonyl (C=O) groups is 9. The van der Waals surface area contributed by atoms with E-state index in [-0.39, 0.29) is 68.7 Å². The Morgan fingerprint density at radius 1 is 0.739 bits per heavy atom. The first kappa shape index (κ1) is 71.6. The molecule has 476 valence electrons. The van der Waals surface area contributed by atoms with Crippen LogP contribution in [0.1, 0.15) is 130 Å². The molecule has 0 aliphatic carbocycles. The van der Waals surface area contributed by atoms with Crippen molar-refractivity contribution in [3.05, 3.63) is 143 Å². The summed E-state index contributed by atoms with van der Waals surface area (Å²) in [6, 6.07) is 23.3. The molecule has 4 aromatic rings. The molecular formula is C67H92N10O11. The van der Waals surface area contributed by atoms with Crippen molar-refractivity contribution in [2.75, 3.05) is 36.2 Å². The minimum atomic E-state index is -1.13. The molecule has 0 saturated carbocycles. The first-order chi connectivity index (χ1) is 41.4. The number of aryl methyl sites for hydroxylation is 1. The molecule has 0 bridgehead atoms. The maximum atomic E-state index is 14.2. The number of urea groups is 1. The summed E-state index contributed by atoms with van der Waals surface area (Å²) in [7, 11) is 3.24. The highest BCUT2D eigenvalue weighted by atomic mass is 16.5. The molecule has 21 heteroatoms. The average molecular weight is 1210 g/mol. The molecule has 0 spiro atoms. The fraction of sp³-hybridized carbons (Fsp3) is 0.448. The number of nitrogens with one attached hydrogen (secondary N) is 7. The lowest BCUT2D eigenvalue weighted by Gasteiger charge is -2.40. The third-order valence-electron chi connectivity index (χ3n) is 15.4. The number of nitrogens with two attached hydrogens (primary N) is 1. The number of primary amides is 1. The van der Waals surface area contributed by atoms with Crippen LogP contribution in [-0.4, -0.2) is 114 Å². The van der Waals surface area contributed by atoms with Crippen LogP contribution < -0.4 is 47.9 Å². The normalized spacial score (nSPS) is 13.4. The van der Waals surface area contributed by atoms with E-state index in [1.54, 1.807) is 87.5 Å². The average Bonchev–Trinajstić information content (AvgIpc) is 1.92. The first-order valence-corrected chi connectivity index (χ1v) is 29.8. The fourth-order valence-electron chi connectivity index (χ4n) is 10.1. The van der Waals surface area contributed by atoms with E-state index in [2.05, 4.69) is 43.8 Å². The van der Waals surface area contributed by atoms with Crippen molar-refractivity contribution in [3.8, 4) is 0 Å². The lowest BCUT2D eigenvalue weighted by molar-refractivity contribution is -0.141. The molecule has 0 aromatic heterocycles. The van der Waals surface area contributed by atoms with E-state index in [0.717, 1.165) is 22.4 Å². The van der Waals surface area contributed by atoms with Gasteiger partial charge >= 0.3 is 18.1 Å². The van der Waals surface area contributed by atoms with E-state index >= 15 is 0 Å². The van der Waals surface area contributed by atoms with Crippen LogP contribution in [0.25, 0.3) is 6.08 Å². The van der Waals surface area contributed by atoms with Gasteiger partial charge in [-0.2, -0.15) is 0 Å². The third kappa shape index (κ3) is 20.9. The van der Waals surface area contributed by atoms with E-state index in [0.29, 0.717) is 28.9 Å². The lowest BCUT2D eigenvalue weighted by Crippen LogP contribution is -2.61. The zero-order valence-corrected chi connectivity index (χ0v) is 53.3. The van der Waals surface area contributed by atoms with Crippen LogP contribution in [0.2, 0.25) is 0 Å². The summed E-state index contributed by atoms with van der Waals surface area (Å²) >= 11 is 0. The smallest absolute Gasteiger partial charge is 0.411 e. The molecule has 0 aliphatic heterocycles. The number of ether oxygens (including phenoxy) is 1. The fourth-order valence-corrected chi connectivity index (χ4v) is 10.1. The van der Waals surface area contributed by atoms with Gasteiger partial charge in [0.2, 0.25) is 35.4 Å². The topological polar surface area (TPSA) is 300 Å². The second-order valence-corrected chi connectivity index (χ2v) is 24.2. The quantitative estimate of drug-likeness (QED) is 0.0169. The largest absolute Gasteiger partial charge is 0.478 e. The van der Waals surface area contributed by atoms with Gasteiger partial charge in [-0.05, 0) is 109 Å². The number of carbonyl (C=O) groups excluding carboxylic acids is 8. The van der Waals surface area contributed by atoms with Crippen LogP contribution >= 0.6 is 0 Å². The number of benzene rings is 4. The molecule has 0 fully saturated rings. The van der Waals surface area contributed by atoms with E-state index in [4.69, 9.17) is 10.5 Å². The molecule has 4 rings (SSSR count). The zero-order chi connectivity index (χ0) is 65.6. The standard InChI is InChI=1S/C67H92N10O11/c1-15-45-23-17-18-25-47(45)39-77(52-29-20-19-24-46(52)16-2)55(79)35-34-54(78)74-56(42(5)6)60(81)73-51(28-22-36-70-64(68)86)59(80)71-49-32-30-44(31-33-49)40-88-65(87)72-50-27-21-26-48(38-50)67(11,12)57(69-13)61(82)75-58(66(8,9)10)62(83)76(14)53(41(3)4)37-43(7)63(84)85/h15,17-21,23-27,29-33,37-38,41-42,51,53,56-58,69H,1,16,22,28,34-36,39-40H2,2-14H3,(H,71,80)(H,72,87)(H,73,81)(H,74,78)(H,75,82)(H,84,85)(H3,68,70,86)/b43-37+/t51-,53+,56-,57?,58+/m0/s1. The van der Waals surface area contributed by atoms with Crippen molar-refractivity contribution in [3.63, 3.8) is 0 Å². The van der Waals surface area contributed by atoms with Crippen molar-refractivity contribution < 1.29 is 53.0 Å². The summed E-state index contributed by atoms with van der Waals surface area (Å²) in [5.74, 6) is -4.50. The molecule has 10 N–H and O–H groups in total. The molecule has 0 heterocycles. The maximum Gasteiger partial charge on any atom is 0.411 e. The number of nitrogens with zero attached hydrogens (tertiary/aromatic N) is 2. The highest BCUT2D eigenvalue weighted by Crippen LogP contribution is 2.32. The number of hydrogen-bond acceptors (Lipinski definition) is 11. The van der Waals surface area contributed by atoms with Gasteiger partial charge < -0.3 is 57.3 Å². The Kier molecular flexibility index (Phi) is 27.1. The Labute approximate surface area is 518 Å². The summed E-state index contributed by atoms with van der Waals surface area (Å²) in [6.45, 7) is 24.1. The number of carboxylic acid groups (broad SMARTS) is 1. The third-order valence-corrected chi connectivity index (χ3v) is 15.4. The van der Waals surface area contributed by atoms with Crippen LogP contribution in [-0.2, 0) is 63.3 Å². The van der Waals surface area contributed by atoms with Crippen molar-refractivity contribution in [2.24, 2.45) is 23.0 Å². The molecule has 21 nitrogen and oxygen atoms in total. The Morgan fingerprint density at radius 2 is 1.39 bits per heavy atom. The Bertz CT molecular complexity index is 3130. The number of rotatable bonds is 31. The molecule has 5 atom stereocenters. The van der Waals surface area contributed by atoms with Gasteiger partial charge in [-0.25, -0.2) is 14.4 Å². The Morgan fingerprint density at radius 3 is 1.98 bits per heavy atom. The van der Waals surface area contributed by atoms with Gasteiger partial charge in [0, 0.05) is 54.5 Å². The lowest BCUT2D eigenvalue weighted by atomic mass is 9.76. The minimum Gasteiger partial charge on any atom is -0.478 e. The number of aliphatic carboxylic acids is 1. The molecule has 0 radical (unpaired) electrons. The summed E-state index contributed by atoms with van der Waals surface area (Å²) in [6.07, 6.45) is 3.16. The monoisotopic (exact) mass is 1210 g/mol. The van der Waals surface area contributed by atoms with E-state index in [9.17, 15) is 48.3 Å². The summed E-state index contributed by atoms with van der Waals surface area (Å²) in [5, 5.41) is 29.3. The highest BCUT2D eigenvalue weighted by Gasteiger charge is 2.42. The van der Waals surface area contributed by atoms with E-state index < -0.39 is 88.7 Å². The van der Waals surface area contributed by atoms with Gasteiger partial charge in [-0.1, -0.05) is 155 Å². The molecule has 0 saturated heterocycles. The van der Waals surface area contributed by atoms with Gasteiger partial charge in [0.1, 0.15) is 24.7 Å². The van der Waals surface area contributed by atoms with Crippen molar-refractivity contribution in [2.45, 2.75) is 157 Å². The number of para-hydroxylation sites is 1. The Balaban J connectivity index is 1.40. The molecule has 9 amide bonds. The Hall–Kier alpha value is -8.85. The van der Waals surface area contributed by atoms with Crippen LogP contribution in [0.4, 0.5) is 26.7 Å². The summed E-state index contributed by atoms with van der Waals surface area (Å²) in [5.41, 5.74) is 9.19. The maximum absolute atomic E-state index is 14.2. The predicted molar refractivity (Wildman–Crippen MR) is 344 cm³/mol.